The van der Waals surface area contributed by atoms with Crippen LogP contribution in [0.1, 0.15) is 13.8 Å². The fourth-order valence-corrected chi connectivity index (χ4v) is 0.584. The Balaban J connectivity index is 3.41. The molecule has 0 amide bonds. The molecule has 0 bridgehead atoms. The van der Waals surface area contributed by atoms with E-state index in [1.807, 2.05) is 13.8 Å². The summed E-state index contributed by atoms with van der Waals surface area (Å²) in [5.41, 5.74) is 0. The summed E-state index contributed by atoms with van der Waals surface area (Å²) in [6.07, 6.45) is 0. The second-order valence-corrected chi connectivity index (χ2v) is 2.25. The van der Waals surface area contributed by atoms with Crippen LogP contribution in [0.5, 0.6) is 0 Å². The molecule has 0 unspecified atom stereocenters. The molecule has 0 saturated heterocycles. The first-order chi connectivity index (χ1) is 4.22. The molecule has 0 rings (SSSR count). The number of halogens is 1. The fraction of sp³-hybridized carbons (Fsp3) is 1.00. The molecule has 9 heavy (non-hydrogen) atoms. The van der Waals surface area contributed by atoms with Crippen LogP contribution in [-0.2, 0) is 0 Å². The first kappa shape index (κ1) is 8.85. The van der Waals surface area contributed by atoms with Crippen molar-refractivity contribution in [2.45, 2.75) is 19.9 Å². The molecule has 0 aromatic carbocycles. The summed E-state index contributed by atoms with van der Waals surface area (Å²) in [6.45, 7) is 3.78. The highest BCUT2D eigenvalue weighted by molar-refractivity contribution is 4.56. The third-order valence-electron chi connectivity index (χ3n) is 1.27. The molecule has 56 valence electrons. The number of hydrogen-bond donors (Lipinski definition) is 1. The van der Waals surface area contributed by atoms with E-state index in [0.29, 0.717) is 6.54 Å². The van der Waals surface area contributed by atoms with Gasteiger partial charge in [0.05, 0.1) is 6.61 Å². The summed E-state index contributed by atoms with van der Waals surface area (Å²) < 4.78 is 11.9. The Kier molecular flexibility index (Phi) is 4.62. The second-order valence-electron chi connectivity index (χ2n) is 2.25. The van der Waals surface area contributed by atoms with Gasteiger partial charge in [-0.1, -0.05) is 0 Å². The molecule has 0 aliphatic rings. The maximum atomic E-state index is 11.9. The molecule has 0 heterocycles. The molecular weight excluding hydrogens is 121 g/mol. The lowest BCUT2D eigenvalue weighted by Crippen LogP contribution is -2.32. The van der Waals surface area contributed by atoms with Crippen molar-refractivity contribution in [2.24, 2.45) is 0 Å². The zero-order chi connectivity index (χ0) is 7.28. The number of aliphatic hydroxyl groups excluding tert-OH is 1. The van der Waals surface area contributed by atoms with Crippen LogP contribution >= 0.6 is 0 Å². The largest absolute Gasteiger partial charge is 0.395 e. The first-order valence-electron chi connectivity index (χ1n) is 3.13. The van der Waals surface area contributed by atoms with E-state index in [2.05, 4.69) is 0 Å². The Bertz CT molecular complexity index is 68.1. The number of alkyl halides is 1. The van der Waals surface area contributed by atoms with Crippen molar-refractivity contribution in [3.05, 3.63) is 0 Å². The summed E-state index contributed by atoms with van der Waals surface area (Å²) in [6, 6.07) is 0.183. The predicted octanol–water partition coefficient (Wildman–Crippen LogP) is 0.616. The molecule has 0 radical (unpaired) electrons. The van der Waals surface area contributed by atoms with Crippen LogP contribution in [-0.4, -0.2) is 36.0 Å². The van der Waals surface area contributed by atoms with E-state index in [1.165, 1.54) is 0 Å². The number of hydrogen-bond acceptors (Lipinski definition) is 2. The van der Waals surface area contributed by atoms with Crippen molar-refractivity contribution in [1.29, 1.82) is 0 Å². The molecule has 0 spiro atoms. The van der Waals surface area contributed by atoms with Crippen molar-refractivity contribution >= 4 is 0 Å². The van der Waals surface area contributed by atoms with Crippen LogP contribution < -0.4 is 0 Å². The van der Waals surface area contributed by atoms with Gasteiger partial charge in [0.2, 0.25) is 0 Å². The fourth-order valence-electron chi connectivity index (χ4n) is 0.584. The van der Waals surface area contributed by atoms with E-state index in [4.69, 9.17) is 5.11 Å². The Labute approximate surface area is 55.3 Å². The highest BCUT2D eigenvalue weighted by atomic mass is 19.1. The lowest BCUT2D eigenvalue weighted by molar-refractivity contribution is 0.116. The van der Waals surface area contributed by atoms with Crippen molar-refractivity contribution in [3.8, 4) is 0 Å². The third kappa shape index (κ3) is 3.43. The Hall–Kier alpha value is -0.150. The molecule has 0 atom stereocenters. The topological polar surface area (TPSA) is 23.5 Å². The van der Waals surface area contributed by atoms with Gasteiger partial charge in [-0.15, -0.1) is 0 Å². The molecule has 1 N–H and O–H groups in total. The maximum absolute atomic E-state index is 11.9. The summed E-state index contributed by atoms with van der Waals surface area (Å²) in [5, 5.41) is 8.41. The highest BCUT2D eigenvalue weighted by Crippen LogP contribution is 1.95. The number of rotatable bonds is 4. The van der Waals surface area contributed by atoms with E-state index in [9.17, 15) is 4.39 Å². The van der Waals surface area contributed by atoms with Crippen molar-refractivity contribution in [2.75, 3.05) is 20.0 Å². The van der Waals surface area contributed by atoms with Gasteiger partial charge in [-0.05, 0) is 13.8 Å². The Morgan fingerprint density at radius 1 is 1.56 bits per heavy atom. The molecule has 0 aliphatic heterocycles. The van der Waals surface area contributed by atoms with Gasteiger partial charge < -0.3 is 5.11 Å². The van der Waals surface area contributed by atoms with Gasteiger partial charge in [0, 0.05) is 12.6 Å². The van der Waals surface area contributed by atoms with Crippen molar-refractivity contribution in [3.63, 3.8) is 0 Å². The SMILES string of the molecule is CC(C)N(CF)CCO. The highest BCUT2D eigenvalue weighted by Gasteiger charge is 2.05. The third-order valence-corrected chi connectivity index (χ3v) is 1.27. The van der Waals surface area contributed by atoms with Gasteiger partial charge in [-0.25, -0.2) is 4.39 Å². The Morgan fingerprint density at radius 2 is 2.11 bits per heavy atom. The maximum Gasteiger partial charge on any atom is 0.143 e. The Morgan fingerprint density at radius 3 is 2.22 bits per heavy atom. The standard InChI is InChI=1S/C6H14FNO/c1-6(2)8(5-7)3-4-9/h6,9H,3-5H2,1-2H3. The first-order valence-corrected chi connectivity index (χ1v) is 3.13. The molecule has 0 aromatic heterocycles. The van der Waals surface area contributed by atoms with Gasteiger partial charge in [-0.3, -0.25) is 4.90 Å². The molecule has 3 heteroatoms. The van der Waals surface area contributed by atoms with E-state index in [0.717, 1.165) is 0 Å². The van der Waals surface area contributed by atoms with E-state index >= 15 is 0 Å². The normalized spacial score (nSPS) is 11.3. The van der Waals surface area contributed by atoms with Crippen LogP contribution in [0.2, 0.25) is 0 Å². The van der Waals surface area contributed by atoms with Gasteiger partial charge in [0.1, 0.15) is 6.80 Å². The van der Waals surface area contributed by atoms with Crippen LogP contribution in [0.25, 0.3) is 0 Å². The van der Waals surface area contributed by atoms with E-state index < -0.39 is 6.80 Å². The van der Waals surface area contributed by atoms with Crippen LogP contribution in [0, 0.1) is 0 Å². The van der Waals surface area contributed by atoms with Crippen LogP contribution in [0.15, 0.2) is 0 Å². The average Bonchev–Trinajstić information content (AvgIpc) is 1.82. The molecule has 0 aromatic rings. The smallest absolute Gasteiger partial charge is 0.143 e. The average molecular weight is 135 g/mol. The summed E-state index contributed by atoms with van der Waals surface area (Å²) in [5.74, 6) is 0. The van der Waals surface area contributed by atoms with Crippen molar-refractivity contribution < 1.29 is 9.50 Å². The monoisotopic (exact) mass is 135 g/mol. The summed E-state index contributed by atoms with van der Waals surface area (Å²) >= 11 is 0. The van der Waals surface area contributed by atoms with Gasteiger partial charge >= 0.3 is 0 Å². The minimum Gasteiger partial charge on any atom is -0.395 e. The van der Waals surface area contributed by atoms with Gasteiger partial charge in [0.25, 0.3) is 0 Å². The zero-order valence-corrected chi connectivity index (χ0v) is 5.97. The molecule has 0 saturated carbocycles. The molecular formula is C6H14FNO. The van der Waals surface area contributed by atoms with E-state index in [1.54, 1.807) is 4.90 Å². The lowest BCUT2D eigenvalue weighted by Gasteiger charge is -2.20. The minimum absolute atomic E-state index is 0.0299. The lowest BCUT2D eigenvalue weighted by atomic mass is 10.3. The second kappa shape index (κ2) is 4.70. The molecule has 0 aliphatic carbocycles. The zero-order valence-electron chi connectivity index (χ0n) is 5.97. The molecule has 2 nitrogen and oxygen atoms in total. The number of aliphatic hydroxyl groups is 1. The van der Waals surface area contributed by atoms with Gasteiger partial charge in [0.15, 0.2) is 0 Å². The summed E-state index contributed by atoms with van der Waals surface area (Å²) in [7, 11) is 0. The molecule has 0 fully saturated rings. The predicted molar refractivity (Wildman–Crippen MR) is 34.9 cm³/mol. The quantitative estimate of drug-likeness (QED) is 0.571. The number of nitrogens with zero attached hydrogens (tertiary/aromatic N) is 1. The van der Waals surface area contributed by atoms with E-state index in [-0.39, 0.29) is 12.6 Å². The van der Waals surface area contributed by atoms with Crippen molar-refractivity contribution in [1.82, 2.24) is 4.90 Å². The minimum atomic E-state index is -0.474. The van der Waals surface area contributed by atoms with Crippen LogP contribution in [0.4, 0.5) is 4.39 Å². The van der Waals surface area contributed by atoms with Crippen LogP contribution in [0.3, 0.4) is 0 Å². The van der Waals surface area contributed by atoms with Gasteiger partial charge in [-0.2, -0.15) is 0 Å². The summed E-state index contributed by atoms with van der Waals surface area (Å²) in [4.78, 5) is 1.56.